The second-order valence-corrected chi connectivity index (χ2v) is 8.57. The summed E-state index contributed by atoms with van der Waals surface area (Å²) in [6.45, 7) is 9.17. The minimum atomic E-state index is -0.473. The van der Waals surface area contributed by atoms with Crippen LogP contribution in [-0.2, 0) is 10.2 Å². The van der Waals surface area contributed by atoms with Gasteiger partial charge in [-0.25, -0.2) is 9.18 Å². The van der Waals surface area contributed by atoms with Crippen LogP contribution < -0.4 is 0 Å². The van der Waals surface area contributed by atoms with E-state index in [1.165, 1.54) is 6.07 Å². The maximum atomic E-state index is 13.8. The van der Waals surface area contributed by atoms with Gasteiger partial charge in [0.25, 0.3) is 0 Å². The number of fused-ring (bicyclic) bond motifs is 1. The zero-order chi connectivity index (χ0) is 17.0. The lowest BCUT2D eigenvalue weighted by molar-refractivity contribution is 0.0260. The van der Waals surface area contributed by atoms with E-state index in [4.69, 9.17) is 4.74 Å². The highest BCUT2D eigenvalue weighted by Crippen LogP contribution is 2.65. The van der Waals surface area contributed by atoms with Gasteiger partial charge in [0.2, 0.25) is 0 Å². The third-order valence-electron chi connectivity index (χ3n) is 5.17. The number of rotatable bonds is 2. The van der Waals surface area contributed by atoms with Crippen LogP contribution in [0.2, 0.25) is 0 Å². The lowest BCUT2D eigenvalue weighted by Crippen LogP contribution is -2.39. The number of ether oxygens (including phenoxy) is 1. The van der Waals surface area contributed by atoms with Gasteiger partial charge in [-0.3, -0.25) is 0 Å². The van der Waals surface area contributed by atoms with E-state index in [1.807, 2.05) is 26.8 Å². The Morgan fingerprint density at radius 1 is 1.35 bits per heavy atom. The summed E-state index contributed by atoms with van der Waals surface area (Å²) in [5, 5.41) is 0. The van der Waals surface area contributed by atoms with Crippen LogP contribution in [0.1, 0.15) is 39.7 Å². The standard InChI is InChI=1S/C18H23BrFNO2/c1-5-18(11-6-12(19)8-13(20)7-11)14-9-21(10-15(14)18)16(22)23-17(2,3)4/h6-8,14-15H,5,9-10H2,1-4H3. The minimum Gasteiger partial charge on any atom is -0.444 e. The first-order valence-corrected chi connectivity index (χ1v) is 8.91. The van der Waals surface area contributed by atoms with Crippen LogP contribution in [0.25, 0.3) is 0 Å². The first-order chi connectivity index (χ1) is 10.7. The fourth-order valence-electron chi connectivity index (χ4n) is 4.19. The molecule has 0 N–H and O–H groups in total. The molecule has 5 heteroatoms. The normalized spacial score (nSPS) is 29.4. The molecule has 0 radical (unpaired) electrons. The van der Waals surface area contributed by atoms with Crippen LogP contribution in [0.5, 0.6) is 0 Å². The van der Waals surface area contributed by atoms with Gasteiger partial charge in [0, 0.05) is 23.0 Å². The number of likely N-dealkylation sites (tertiary alicyclic amines) is 1. The van der Waals surface area contributed by atoms with Crippen LogP contribution in [0.15, 0.2) is 22.7 Å². The summed E-state index contributed by atoms with van der Waals surface area (Å²) in [6, 6.07) is 5.14. The molecule has 0 spiro atoms. The molecule has 0 bridgehead atoms. The van der Waals surface area contributed by atoms with E-state index >= 15 is 0 Å². The quantitative estimate of drug-likeness (QED) is 0.738. The van der Waals surface area contributed by atoms with Crippen molar-refractivity contribution < 1.29 is 13.9 Å². The molecular formula is C18H23BrFNO2. The van der Waals surface area contributed by atoms with Crippen molar-refractivity contribution in [2.45, 2.75) is 45.1 Å². The van der Waals surface area contributed by atoms with Crippen LogP contribution in [0.3, 0.4) is 0 Å². The van der Waals surface area contributed by atoms with Crippen molar-refractivity contribution in [1.82, 2.24) is 4.90 Å². The van der Waals surface area contributed by atoms with Gasteiger partial charge < -0.3 is 9.64 Å². The molecule has 3 rings (SSSR count). The van der Waals surface area contributed by atoms with Gasteiger partial charge >= 0.3 is 6.09 Å². The second kappa shape index (κ2) is 5.47. The van der Waals surface area contributed by atoms with E-state index in [1.54, 1.807) is 11.0 Å². The zero-order valence-electron chi connectivity index (χ0n) is 14.0. The molecule has 2 atom stereocenters. The van der Waals surface area contributed by atoms with Crippen molar-refractivity contribution in [1.29, 1.82) is 0 Å². The molecule has 2 unspecified atom stereocenters. The number of piperidine rings is 1. The van der Waals surface area contributed by atoms with Gasteiger partial charge in [0.05, 0.1) is 0 Å². The molecule has 1 aromatic rings. The molecule has 3 nitrogen and oxygen atoms in total. The molecule has 1 heterocycles. The lowest BCUT2D eigenvalue weighted by Gasteiger charge is -2.29. The summed E-state index contributed by atoms with van der Waals surface area (Å²) in [5.41, 5.74) is 0.577. The maximum absolute atomic E-state index is 13.8. The maximum Gasteiger partial charge on any atom is 0.410 e. The molecule has 23 heavy (non-hydrogen) atoms. The number of carbonyl (C=O) groups is 1. The van der Waals surface area contributed by atoms with Crippen molar-refractivity contribution in [3.63, 3.8) is 0 Å². The molecule has 1 saturated heterocycles. The highest BCUT2D eigenvalue weighted by molar-refractivity contribution is 9.10. The Morgan fingerprint density at radius 2 is 1.96 bits per heavy atom. The van der Waals surface area contributed by atoms with Gasteiger partial charge in [-0.05, 0) is 62.8 Å². The van der Waals surface area contributed by atoms with Gasteiger partial charge in [-0.2, -0.15) is 0 Å². The van der Waals surface area contributed by atoms with E-state index in [9.17, 15) is 9.18 Å². The Bertz CT molecular complexity index is 608. The third-order valence-corrected chi connectivity index (χ3v) is 5.63. The number of benzene rings is 1. The smallest absolute Gasteiger partial charge is 0.410 e. The Hall–Kier alpha value is -1.10. The topological polar surface area (TPSA) is 29.5 Å². The highest BCUT2D eigenvalue weighted by Gasteiger charge is 2.68. The largest absolute Gasteiger partial charge is 0.444 e. The summed E-state index contributed by atoms with van der Waals surface area (Å²) < 4.78 is 20.0. The molecule has 0 aromatic heterocycles. The molecule has 1 aliphatic carbocycles. The number of carbonyl (C=O) groups excluding carboxylic acids is 1. The predicted octanol–water partition coefficient (Wildman–Crippen LogP) is 4.73. The van der Waals surface area contributed by atoms with Gasteiger partial charge in [-0.1, -0.05) is 22.9 Å². The van der Waals surface area contributed by atoms with Crippen molar-refractivity contribution in [3.05, 3.63) is 34.1 Å². The average molecular weight is 384 g/mol. The molecular weight excluding hydrogens is 361 g/mol. The van der Waals surface area contributed by atoms with Crippen LogP contribution in [-0.4, -0.2) is 29.7 Å². The molecule has 1 aliphatic heterocycles. The van der Waals surface area contributed by atoms with Crippen LogP contribution in [0, 0.1) is 17.7 Å². The fourth-order valence-corrected chi connectivity index (χ4v) is 4.65. The number of nitrogens with zero attached hydrogens (tertiary/aromatic N) is 1. The molecule has 2 fully saturated rings. The van der Waals surface area contributed by atoms with E-state index in [0.29, 0.717) is 24.9 Å². The first kappa shape index (κ1) is 16.7. The first-order valence-electron chi connectivity index (χ1n) is 8.12. The summed E-state index contributed by atoms with van der Waals surface area (Å²) in [4.78, 5) is 14.0. The second-order valence-electron chi connectivity index (χ2n) is 7.65. The van der Waals surface area contributed by atoms with Crippen LogP contribution in [0.4, 0.5) is 9.18 Å². The van der Waals surface area contributed by atoms with Crippen molar-refractivity contribution in [2.24, 2.45) is 11.8 Å². The molecule has 1 amide bonds. The monoisotopic (exact) mass is 383 g/mol. The van der Waals surface area contributed by atoms with E-state index in [0.717, 1.165) is 16.5 Å². The summed E-state index contributed by atoms with van der Waals surface area (Å²) in [6.07, 6.45) is 0.718. The van der Waals surface area contributed by atoms with Crippen molar-refractivity contribution in [2.75, 3.05) is 13.1 Å². The van der Waals surface area contributed by atoms with Crippen molar-refractivity contribution in [3.8, 4) is 0 Å². The Balaban J connectivity index is 1.75. The van der Waals surface area contributed by atoms with E-state index in [2.05, 4.69) is 22.9 Å². The number of amides is 1. The van der Waals surface area contributed by atoms with E-state index < -0.39 is 5.60 Å². The predicted molar refractivity (Wildman–Crippen MR) is 90.9 cm³/mol. The third kappa shape index (κ3) is 2.88. The lowest BCUT2D eigenvalue weighted by atomic mass is 9.87. The minimum absolute atomic E-state index is 0.00311. The number of hydrogen-bond acceptors (Lipinski definition) is 2. The van der Waals surface area contributed by atoms with Gasteiger partial charge in [0.1, 0.15) is 11.4 Å². The molecule has 2 aliphatic rings. The SMILES string of the molecule is CCC1(c2cc(F)cc(Br)c2)C2CN(C(=O)OC(C)(C)C)CC21. The van der Waals surface area contributed by atoms with Crippen molar-refractivity contribution >= 4 is 22.0 Å². The Labute approximate surface area is 145 Å². The Morgan fingerprint density at radius 3 is 2.43 bits per heavy atom. The average Bonchev–Trinajstić information content (AvgIpc) is 2.79. The van der Waals surface area contributed by atoms with E-state index in [-0.39, 0.29) is 17.3 Å². The van der Waals surface area contributed by atoms with Gasteiger partial charge in [-0.15, -0.1) is 0 Å². The zero-order valence-corrected chi connectivity index (χ0v) is 15.6. The summed E-state index contributed by atoms with van der Waals surface area (Å²) >= 11 is 3.39. The summed E-state index contributed by atoms with van der Waals surface area (Å²) in [5.74, 6) is 0.582. The van der Waals surface area contributed by atoms with Gasteiger partial charge in [0.15, 0.2) is 0 Å². The molecule has 1 aromatic carbocycles. The highest BCUT2D eigenvalue weighted by atomic mass is 79.9. The summed E-state index contributed by atoms with van der Waals surface area (Å²) in [7, 11) is 0. The molecule has 126 valence electrons. The fraction of sp³-hybridized carbons (Fsp3) is 0.611. The molecule has 1 saturated carbocycles. The number of halogens is 2. The number of hydrogen-bond donors (Lipinski definition) is 0. The Kier molecular flexibility index (Phi) is 3.98. The van der Waals surface area contributed by atoms with Crippen LogP contribution >= 0.6 is 15.9 Å².